The van der Waals surface area contributed by atoms with Crippen LogP contribution in [0.25, 0.3) is 11.3 Å². The number of halogens is 1. The molecule has 5 aromatic rings. The Morgan fingerprint density at radius 2 is 1.92 bits per heavy atom. The molecule has 8 nitrogen and oxygen atoms in total. The number of nitrogen functional groups attached to an aromatic ring is 1. The molecule has 1 aromatic carbocycles. The van der Waals surface area contributed by atoms with Gasteiger partial charge in [-0.25, -0.2) is 0 Å². The molecule has 11 heteroatoms. The summed E-state index contributed by atoms with van der Waals surface area (Å²) in [5.74, 6) is 0.422. The minimum Gasteiger partial charge on any atom is -0.497 e. The van der Waals surface area contributed by atoms with Crippen LogP contribution in [0.3, 0.4) is 0 Å². The van der Waals surface area contributed by atoms with Gasteiger partial charge in [-0.3, -0.25) is 9.59 Å². The fourth-order valence-electron chi connectivity index (χ4n) is 4.12. The first-order valence-electron chi connectivity index (χ1n) is 11.5. The van der Waals surface area contributed by atoms with Crippen LogP contribution in [0.2, 0.25) is 4.34 Å². The summed E-state index contributed by atoms with van der Waals surface area (Å²) in [6, 6.07) is 15.9. The third kappa shape index (κ3) is 4.98. The van der Waals surface area contributed by atoms with E-state index in [2.05, 4.69) is 5.10 Å². The lowest BCUT2D eigenvalue weighted by molar-refractivity contribution is 0.0939. The second kappa shape index (κ2) is 10.9. The summed E-state index contributed by atoms with van der Waals surface area (Å²) in [6.45, 7) is 0.424. The number of hydrogen-bond acceptors (Lipinski definition) is 8. The number of pyridine rings is 1. The molecule has 0 atom stereocenters. The fourth-order valence-corrected chi connectivity index (χ4v) is 5.91. The Balaban J connectivity index is 1.64. The van der Waals surface area contributed by atoms with E-state index in [1.54, 1.807) is 58.5 Å². The SMILES string of the molecule is COc1ccc(C(=O)n2nc(-c3cccn(Cc4cccs4)c3=O)c(N)c2Cc2ccc(Cl)s2)c(OC)c1. The number of rotatable bonds is 8. The molecular formula is C27H23ClN4O4S2. The van der Waals surface area contributed by atoms with Crippen molar-refractivity contribution < 1.29 is 14.3 Å². The maximum absolute atomic E-state index is 13.8. The number of nitrogens with two attached hydrogens (primary N) is 1. The van der Waals surface area contributed by atoms with Crippen LogP contribution in [0.5, 0.6) is 11.5 Å². The number of benzene rings is 1. The van der Waals surface area contributed by atoms with Crippen molar-refractivity contribution >= 4 is 45.9 Å². The van der Waals surface area contributed by atoms with Crippen molar-refractivity contribution in [1.29, 1.82) is 0 Å². The number of nitrogens with zero attached hydrogens (tertiary/aromatic N) is 3. The van der Waals surface area contributed by atoms with Crippen LogP contribution < -0.4 is 20.8 Å². The number of ether oxygens (including phenoxy) is 2. The van der Waals surface area contributed by atoms with Gasteiger partial charge >= 0.3 is 0 Å². The van der Waals surface area contributed by atoms with Crippen molar-refractivity contribution in [2.75, 3.05) is 20.0 Å². The molecule has 0 saturated carbocycles. The van der Waals surface area contributed by atoms with Gasteiger partial charge < -0.3 is 19.8 Å². The van der Waals surface area contributed by atoms with Gasteiger partial charge in [0.05, 0.1) is 47.6 Å². The first-order chi connectivity index (χ1) is 18.4. The molecule has 0 aliphatic carbocycles. The van der Waals surface area contributed by atoms with Crippen LogP contribution in [-0.2, 0) is 13.0 Å². The zero-order valence-electron chi connectivity index (χ0n) is 20.5. The van der Waals surface area contributed by atoms with Gasteiger partial charge in [-0.1, -0.05) is 17.7 Å². The van der Waals surface area contributed by atoms with E-state index in [0.717, 1.165) is 9.75 Å². The molecule has 0 saturated heterocycles. The second-order valence-corrected chi connectivity index (χ2v) is 11.1. The molecule has 4 aromatic heterocycles. The maximum Gasteiger partial charge on any atom is 0.282 e. The summed E-state index contributed by atoms with van der Waals surface area (Å²) in [6.07, 6.45) is 2.03. The minimum absolute atomic E-state index is 0.244. The van der Waals surface area contributed by atoms with E-state index in [0.29, 0.717) is 40.1 Å². The molecule has 4 heterocycles. The normalized spacial score (nSPS) is 11.0. The zero-order chi connectivity index (χ0) is 26.8. The summed E-state index contributed by atoms with van der Waals surface area (Å²) in [5.41, 5.74) is 7.89. The zero-order valence-corrected chi connectivity index (χ0v) is 22.9. The van der Waals surface area contributed by atoms with Crippen molar-refractivity contribution in [3.05, 3.63) is 102 Å². The molecule has 0 unspecified atom stereocenters. The number of thiophene rings is 2. The highest BCUT2D eigenvalue weighted by atomic mass is 35.5. The smallest absolute Gasteiger partial charge is 0.282 e. The van der Waals surface area contributed by atoms with Crippen LogP contribution >= 0.6 is 34.3 Å². The number of hydrogen-bond donors (Lipinski definition) is 1. The van der Waals surface area contributed by atoms with Crippen LogP contribution in [0.15, 0.2) is 71.0 Å². The third-order valence-electron chi connectivity index (χ3n) is 6.01. The van der Waals surface area contributed by atoms with Crippen LogP contribution in [-0.4, -0.2) is 34.5 Å². The van der Waals surface area contributed by atoms with Crippen LogP contribution in [0.1, 0.15) is 25.8 Å². The molecular weight excluding hydrogens is 544 g/mol. The van der Waals surface area contributed by atoms with Crippen LogP contribution in [0, 0.1) is 0 Å². The molecule has 0 spiro atoms. The number of carbonyl (C=O) groups excluding carboxylic acids is 1. The largest absolute Gasteiger partial charge is 0.497 e. The van der Waals surface area contributed by atoms with Crippen molar-refractivity contribution in [1.82, 2.24) is 14.3 Å². The van der Waals surface area contributed by atoms with Gasteiger partial charge in [-0.05, 0) is 47.8 Å². The Morgan fingerprint density at radius 3 is 2.61 bits per heavy atom. The molecule has 0 bridgehead atoms. The molecule has 0 radical (unpaired) electrons. The first kappa shape index (κ1) is 25.8. The monoisotopic (exact) mass is 566 g/mol. The van der Waals surface area contributed by atoms with Gasteiger partial charge in [0.25, 0.3) is 11.5 Å². The van der Waals surface area contributed by atoms with Gasteiger partial charge in [0, 0.05) is 28.4 Å². The van der Waals surface area contributed by atoms with E-state index in [4.69, 9.17) is 26.8 Å². The highest BCUT2D eigenvalue weighted by molar-refractivity contribution is 7.16. The third-order valence-corrected chi connectivity index (χ3v) is 8.10. The van der Waals surface area contributed by atoms with Crippen LogP contribution in [0.4, 0.5) is 5.69 Å². The quantitative estimate of drug-likeness (QED) is 0.269. The van der Waals surface area contributed by atoms with Gasteiger partial charge in [0.15, 0.2) is 0 Å². The predicted molar refractivity (Wildman–Crippen MR) is 151 cm³/mol. The average molecular weight is 567 g/mol. The highest BCUT2D eigenvalue weighted by Crippen LogP contribution is 2.33. The van der Waals surface area contributed by atoms with E-state index in [-0.39, 0.29) is 22.5 Å². The lowest BCUT2D eigenvalue weighted by Crippen LogP contribution is -2.21. The Labute approximate surface area is 231 Å². The van der Waals surface area contributed by atoms with E-state index in [9.17, 15) is 9.59 Å². The number of anilines is 1. The van der Waals surface area contributed by atoms with E-state index < -0.39 is 5.91 Å². The molecule has 5 rings (SSSR count). The van der Waals surface area contributed by atoms with Crippen molar-refractivity contribution in [3.8, 4) is 22.8 Å². The Kier molecular flexibility index (Phi) is 7.37. The molecule has 0 aliphatic rings. The predicted octanol–water partition coefficient (Wildman–Crippen LogP) is 5.42. The fraction of sp³-hybridized carbons (Fsp3) is 0.148. The molecule has 2 N–H and O–H groups in total. The van der Waals surface area contributed by atoms with Crippen molar-refractivity contribution in [2.45, 2.75) is 13.0 Å². The topological polar surface area (TPSA) is 101 Å². The number of carbonyl (C=O) groups is 1. The summed E-state index contributed by atoms with van der Waals surface area (Å²) >= 11 is 9.11. The molecule has 0 amide bonds. The minimum atomic E-state index is -0.449. The first-order valence-corrected chi connectivity index (χ1v) is 13.6. The van der Waals surface area contributed by atoms with Gasteiger partial charge in [-0.15, -0.1) is 22.7 Å². The summed E-state index contributed by atoms with van der Waals surface area (Å²) in [5, 5.41) is 6.56. The lowest BCUT2D eigenvalue weighted by Gasteiger charge is -2.11. The molecule has 38 heavy (non-hydrogen) atoms. The summed E-state index contributed by atoms with van der Waals surface area (Å²) < 4.78 is 14.2. The Hall–Kier alpha value is -3.86. The number of methoxy groups -OCH3 is 2. The van der Waals surface area contributed by atoms with Gasteiger partial charge in [0.1, 0.15) is 17.2 Å². The second-order valence-electron chi connectivity index (χ2n) is 8.31. The lowest BCUT2D eigenvalue weighted by atomic mass is 10.1. The summed E-state index contributed by atoms with van der Waals surface area (Å²) in [4.78, 5) is 29.2. The summed E-state index contributed by atoms with van der Waals surface area (Å²) in [7, 11) is 3.01. The Bertz CT molecular complexity index is 1670. The Morgan fingerprint density at radius 1 is 1.08 bits per heavy atom. The highest BCUT2D eigenvalue weighted by Gasteiger charge is 2.26. The molecule has 0 aliphatic heterocycles. The maximum atomic E-state index is 13.8. The van der Waals surface area contributed by atoms with E-state index >= 15 is 0 Å². The molecule has 0 fully saturated rings. The van der Waals surface area contributed by atoms with Gasteiger partial charge in [-0.2, -0.15) is 9.78 Å². The standard InChI is InChI=1S/C27H23ClN4O4S2/c1-35-16-7-9-19(22(13-16)36-2)27(34)32-21(14-17-8-10-23(28)38-17)24(29)25(30-32)20-6-3-11-31(26(20)33)15-18-5-4-12-37-18/h3-13H,14-15,29H2,1-2H3. The van der Waals surface area contributed by atoms with Crippen molar-refractivity contribution in [3.63, 3.8) is 0 Å². The van der Waals surface area contributed by atoms with Crippen molar-refractivity contribution in [2.24, 2.45) is 0 Å². The van der Waals surface area contributed by atoms with E-state index in [1.165, 1.54) is 30.2 Å². The van der Waals surface area contributed by atoms with E-state index in [1.807, 2.05) is 23.6 Å². The molecule has 194 valence electrons. The number of aromatic nitrogens is 3. The van der Waals surface area contributed by atoms with Gasteiger partial charge in [0.2, 0.25) is 0 Å². The average Bonchev–Trinajstić information content (AvgIpc) is 3.66.